The summed E-state index contributed by atoms with van der Waals surface area (Å²) in [6.45, 7) is 5.93. The van der Waals surface area contributed by atoms with Crippen LogP contribution in [0.15, 0.2) is 48.5 Å². The van der Waals surface area contributed by atoms with E-state index < -0.39 is 5.97 Å². The molecule has 1 amide bonds. The van der Waals surface area contributed by atoms with Crippen molar-refractivity contribution in [3.05, 3.63) is 59.7 Å². The van der Waals surface area contributed by atoms with Gasteiger partial charge in [-0.3, -0.25) is 4.79 Å². The molecule has 0 bridgehead atoms. The van der Waals surface area contributed by atoms with Crippen molar-refractivity contribution < 1.29 is 14.3 Å². The fourth-order valence-corrected chi connectivity index (χ4v) is 3.84. The molecule has 0 N–H and O–H groups in total. The lowest BCUT2D eigenvalue weighted by Gasteiger charge is -2.38. The summed E-state index contributed by atoms with van der Waals surface area (Å²) in [6, 6.07) is 15.7. The van der Waals surface area contributed by atoms with Gasteiger partial charge in [-0.15, -0.1) is 0 Å². The molecule has 2 aromatic rings. The van der Waals surface area contributed by atoms with Crippen LogP contribution in [0.25, 0.3) is 11.1 Å². The summed E-state index contributed by atoms with van der Waals surface area (Å²) in [4.78, 5) is 27.1. The Morgan fingerprint density at radius 2 is 1.63 bits per heavy atom. The summed E-state index contributed by atoms with van der Waals surface area (Å²) >= 11 is 0. The predicted octanol–water partition coefficient (Wildman–Crippen LogP) is 4.61. The fourth-order valence-electron chi connectivity index (χ4n) is 3.84. The van der Waals surface area contributed by atoms with E-state index in [1.54, 1.807) is 6.07 Å². The average Bonchev–Trinajstić information content (AvgIpc) is 2.66. The maximum atomic E-state index is 12.7. The third-order valence-corrected chi connectivity index (χ3v) is 5.32. The third kappa shape index (κ3) is 4.38. The Morgan fingerprint density at radius 1 is 1.00 bits per heavy atom. The molecule has 4 nitrogen and oxygen atoms in total. The third-order valence-electron chi connectivity index (χ3n) is 5.32. The number of carbonyl (C=O) groups is 2. The highest BCUT2D eigenvalue weighted by molar-refractivity contribution is 5.98. The molecule has 142 valence electrons. The number of nitrogens with zero attached hydrogens (tertiary/aromatic N) is 1. The zero-order valence-corrected chi connectivity index (χ0v) is 16.3. The van der Waals surface area contributed by atoms with Crippen molar-refractivity contribution in [3.63, 3.8) is 0 Å². The Bertz CT molecular complexity index is 803. The molecule has 1 fully saturated rings. The number of hydrogen-bond acceptors (Lipinski definition) is 3. The molecule has 0 radical (unpaired) electrons. The summed E-state index contributed by atoms with van der Waals surface area (Å²) in [5.41, 5.74) is 3.41. The highest BCUT2D eigenvalue weighted by Crippen LogP contribution is 2.25. The van der Waals surface area contributed by atoms with E-state index in [1.807, 2.05) is 54.3 Å². The average molecular weight is 365 g/mol. The Labute approximate surface area is 161 Å². The SMILES string of the molecule is Cc1ccc(-c2ccccc2C(=O)OCC(=O)N2C(C)CCCC2C)cc1. The molecule has 0 saturated carbocycles. The van der Waals surface area contributed by atoms with Crippen LogP contribution in [0, 0.1) is 6.92 Å². The van der Waals surface area contributed by atoms with Crippen LogP contribution in [0.3, 0.4) is 0 Å². The largest absolute Gasteiger partial charge is 0.452 e. The number of hydrogen-bond donors (Lipinski definition) is 0. The lowest BCUT2D eigenvalue weighted by Crippen LogP contribution is -2.49. The van der Waals surface area contributed by atoms with E-state index in [0.717, 1.165) is 36.0 Å². The van der Waals surface area contributed by atoms with Crippen molar-refractivity contribution in [2.75, 3.05) is 6.61 Å². The summed E-state index contributed by atoms with van der Waals surface area (Å²) in [5, 5.41) is 0. The molecule has 1 heterocycles. The Kier molecular flexibility index (Phi) is 5.94. The highest BCUT2D eigenvalue weighted by Gasteiger charge is 2.29. The lowest BCUT2D eigenvalue weighted by molar-refractivity contribution is -0.140. The van der Waals surface area contributed by atoms with Gasteiger partial charge in [-0.25, -0.2) is 4.79 Å². The molecular formula is C23H27NO3. The number of rotatable bonds is 4. The molecule has 0 spiro atoms. The van der Waals surface area contributed by atoms with Crippen LogP contribution in [-0.2, 0) is 9.53 Å². The molecule has 0 aromatic heterocycles. The first-order valence-electron chi connectivity index (χ1n) is 9.61. The van der Waals surface area contributed by atoms with Crippen molar-refractivity contribution in [2.45, 2.75) is 52.1 Å². The van der Waals surface area contributed by atoms with Crippen LogP contribution < -0.4 is 0 Å². The van der Waals surface area contributed by atoms with Crippen molar-refractivity contribution >= 4 is 11.9 Å². The van der Waals surface area contributed by atoms with Gasteiger partial charge in [0.15, 0.2) is 6.61 Å². The number of likely N-dealkylation sites (tertiary alicyclic amines) is 1. The van der Waals surface area contributed by atoms with Crippen LogP contribution in [0.2, 0.25) is 0 Å². The summed E-state index contributed by atoms with van der Waals surface area (Å²) in [6.07, 6.45) is 3.14. The van der Waals surface area contributed by atoms with Gasteiger partial charge in [0.05, 0.1) is 5.56 Å². The van der Waals surface area contributed by atoms with Crippen LogP contribution in [-0.4, -0.2) is 35.5 Å². The maximum absolute atomic E-state index is 12.7. The first-order valence-corrected chi connectivity index (χ1v) is 9.61. The van der Waals surface area contributed by atoms with E-state index in [1.165, 1.54) is 0 Å². The fraction of sp³-hybridized carbons (Fsp3) is 0.391. The van der Waals surface area contributed by atoms with Crippen molar-refractivity contribution in [1.82, 2.24) is 4.90 Å². The van der Waals surface area contributed by atoms with Gasteiger partial charge < -0.3 is 9.64 Å². The van der Waals surface area contributed by atoms with Gasteiger partial charge in [0.2, 0.25) is 0 Å². The van der Waals surface area contributed by atoms with Gasteiger partial charge in [-0.2, -0.15) is 0 Å². The number of carbonyl (C=O) groups excluding carboxylic acids is 2. The monoisotopic (exact) mass is 365 g/mol. The van der Waals surface area contributed by atoms with Gasteiger partial charge in [0.25, 0.3) is 5.91 Å². The Balaban J connectivity index is 1.72. The molecule has 2 aromatic carbocycles. The number of amides is 1. The lowest BCUT2D eigenvalue weighted by atomic mass is 9.97. The van der Waals surface area contributed by atoms with Gasteiger partial charge in [0, 0.05) is 12.1 Å². The Morgan fingerprint density at radius 3 is 2.30 bits per heavy atom. The quantitative estimate of drug-likeness (QED) is 0.744. The van der Waals surface area contributed by atoms with Crippen molar-refractivity contribution in [2.24, 2.45) is 0 Å². The second kappa shape index (κ2) is 8.38. The normalized spacial score (nSPS) is 19.6. The molecule has 2 unspecified atom stereocenters. The molecule has 3 rings (SSSR count). The molecule has 1 aliphatic heterocycles. The predicted molar refractivity (Wildman–Crippen MR) is 107 cm³/mol. The van der Waals surface area contributed by atoms with Crippen molar-refractivity contribution in [3.8, 4) is 11.1 Å². The van der Waals surface area contributed by atoms with E-state index in [-0.39, 0.29) is 24.6 Å². The first-order chi connectivity index (χ1) is 13.0. The highest BCUT2D eigenvalue weighted by atomic mass is 16.5. The minimum atomic E-state index is -0.461. The van der Waals surface area contributed by atoms with Crippen LogP contribution in [0.5, 0.6) is 0 Å². The number of benzene rings is 2. The first kappa shape index (κ1) is 19.2. The molecule has 1 aliphatic rings. The van der Waals surface area contributed by atoms with Gasteiger partial charge in [-0.1, -0.05) is 48.0 Å². The second-order valence-electron chi connectivity index (χ2n) is 7.42. The Hall–Kier alpha value is -2.62. The second-order valence-corrected chi connectivity index (χ2v) is 7.42. The molecule has 27 heavy (non-hydrogen) atoms. The van der Waals surface area contributed by atoms with Crippen LogP contribution in [0.1, 0.15) is 49.0 Å². The number of esters is 1. The van der Waals surface area contributed by atoms with E-state index in [9.17, 15) is 9.59 Å². The molecule has 4 heteroatoms. The maximum Gasteiger partial charge on any atom is 0.339 e. The van der Waals surface area contributed by atoms with Gasteiger partial charge in [-0.05, 0) is 57.2 Å². The number of piperidine rings is 1. The van der Waals surface area contributed by atoms with Gasteiger partial charge >= 0.3 is 5.97 Å². The minimum absolute atomic E-state index is 0.115. The minimum Gasteiger partial charge on any atom is -0.452 e. The zero-order valence-electron chi connectivity index (χ0n) is 16.3. The molecular weight excluding hydrogens is 338 g/mol. The van der Waals surface area contributed by atoms with E-state index in [4.69, 9.17) is 4.74 Å². The van der Waals surface area contributed by atoms with Crippen LogP contribution in [0.4, 0.5) is 0 Å². The van der Waals surface area contributed by atoms with E-state index >= 15 is 0 Å². The number of ether oxygens (including phenoxy) is 1. The van der Waals surface area contributed by atoms with Crippen LogP contribution >= 0.6 is 0 Å². The zero-order chi connectivity index (χ0) is 19.4. The smallest absolute Gasteiger partial charge is 0.339 e. The standard InChI is InChI=1S/C23H27NO3/c1-16-11-13-19(14-12-16)20-9-4-5-10-21(20)23(26)27-15-22(25)24-17(2)7-6-8-18(24)3/h4-5,9-14,17-18H,6-8,15H2,1-3H3. The summed E-state index contributed by atoms with van der Waals surface area (Å²) < 4.78 is 5.40. The van der Waals surface area contributed by atoms with Crippen molar-refractivity contribution in [1.29, 1.82) is 0 Å². The molecule has 1 saturated heterocycles. The van der Waals surface area contributed by atoms with Gasteiger partial charge in [0.1, 0.15) is 0 Å². The summed E-state index contributed by atoms with van der Waals surface area (Å²) in [5.74, 6) is -0.576. The molecule has 0 aliphatic carbocycles. The van der Waals surface area contributed by atoms with E-state index in [2.05, 4.69) is 13.8 Å². The van der Waals surface area contributed by atoms with E-state index in [0.29, 0.717) is 5.56 Å². The number of aryl methyl sites for hydroxylation is 1. The topological polar surface area (TPSA) is 46.6 Å². The molecule has 2 atom stereocenters. The summed E-state index contributed by atoms with van der Waals surface area (Å²) in [7, 11) is 0.